The van der Waals surface area contributed by atoms with Gasteiger partial charge in [0.1, 0.15) is 5.65 Å². The summed E-state index contributed by atoms with van der Waals surface area (Å²) in [6.45, 7) is 6.28. The highest BCUT2D eigenvalue weighted by Crippen LogP contribution is 2.08. The molecule has 0 saturated carbocycles. The Balaban J connectivity index is 0.00000200. The molecule has 0 spiro atoms. The van der Waals surface area contributed by atoms with Gasteiger partial charge in [-0.1, -0.05) is 19.9 Å². The molecule has 5 nitrogen and oxygen atoms in total. The average Bonchev–Trinajstić information content (AvgIpc) is 2.79. The fraction of sp³-hybridized carbons (Fsp3) is 0.429. The maximum Gasteiger partial charge on any atom is 0.237 e. The summed E-state index contributed by atoms with van der Waals surface area (Å²) in [6, 6.07) is 5.46. The molecule has 0 radical (unpaired) electrons. The van der Waals surface area contributed by atoms with E-state index in [0.29, 0.717) is 6.54 Å². The topological polar surface area (TPSA) is 72.4 Å². The molecule has 0 fully saturated rings. The standard InChI is InChI=1S/C14H20N4O.ClH/c1-9(2)13(15)14(19)16-7-11-8-18-10(3)5-4-6-12(18)17-11;/h4-6,8-9,13H,7,15H2,1-3H3,(H,16,19);1H/t13-;/m0./s1. The first-order chi connectivity index (χ1) is 8.99. The van der Waals surface area contributed by atoms with E-state index in [2.05, 4.69) is 10.3 Å². The van der Waals surface area contributed by atoms with Gasteiger partial charge in [-0.25, -0.2) is 4.98 Å². The predicted molar refractivity (Wildman–Crippen MR) is 81.8 cm³/mol. The second kappa shape index (κ2) is 6.72. The number of carbonyl (C=O) groups excluding carboxylic acids is 1. The van der Waals surface area contributed by atoms with Crippen molar-refractivity contribution in [3.63, 3.8) is 0 Å². The van der Waals surface area contributed by atoms with E-state index in [1.807, 2.05) is 49.6 Å². The van der Waals surface area contributed by atoms with Gasteiger partial charge in [0, 0.05) is 11.9 Å². The highest BCUT2D eigenvalue weighted by Gasteiger charge is 2.16. The minimum Gasteiger partial charge on any atom is -0.349 e. The zero-order chi connectivity index (χ0) is 14.0. The van der Waals surface area contributed by atoms with Crippen molar-refractivity contribution in [1.82, 2.24) is 14.7 Å². The van der Waals surface area contributed by atoms with E-state index in [1.165, 1.54) is 0 Å². The number of nitrogens with one attached hydrogen (secondary N) is 1. The van der Waals surface area contributed by atoms with Gasteiger partial charge in [0.05, 0.1) is 18.3 Å². The molecule has 1 amide bonds. The molecular weight excluding hydrogens is 276 g/mol. The van der Waals surface area contributed by atoms with Gasteiger partial charge in [0.2, 0.25) is 5.91 Å². The van der Waals surface area contributed by atoms with Crippen LogP contribution < -0.4 is 11.1 Å². The fourth-order valence-electron chi connectivity index (χ4n) is 1.88. The van der Waals surface area contributed by atoms with E-state index in [-0.39, 0.29) is 24.2 Å². The lowest BCUT2D eigenvalue weighted by Crippen LogP contribution is -2.43. The molecular formula is C14H21ClN4O. The number of imidazole rings is 1. The molecule has 3 N–H and O–H groups in total. The smallest absolute Gasteiger partial charge is 0.237 e. The van der Waals surface area contributed by atoms with E-state index in [4.69, 9.17) is 5.73 Å². The Kier molecular flexibility index (Phi) is 5.53. The van der Waals surface area contributed by atoms with Gasteiger partial charge in [0.25, 0.3) is 0 Å². The van der Waals surface area contributed by atoms with Crippen LogP contribution >= 0.6 is 12.4 Å². The Hall–Kier alpha value is -1.59. The third kappa shape index (κ3) is 3.49. The molecule has 0 aliphatic carbocycles. The first kappa shape index (κ1) is 16.5. The van der Waals surface area contributed by atoms with E-state index in [9.17, 15) is 4.79 Å². The summed E-state index contributed by atoms with van der Waals surface area (Å²) in [4.78, 5) is 16.2. The molecule has 20 heavy (non-hydrogen) atoms. The number of rotatable bonds is 4. The zero-order valence-electron chi connectivity index (χ0n) is 12.0. The molecule has 2 heterocycles. The molecule has 110 valence electrons. The molecule has 0 unspecified atom stereocenters. The molecule has 2 rings (SSSR count). The number of halogens is 1. The summed E-state index contributed by atoms with van der Waals surface area (Å²) >= 11 is 0. The summed E-state index contributed by atoms with van der Waals surface area (Å²) in [5.74, 6) is -0.00732. The third-order valence-electron chi connectivity index (χ3n) is 3.21. The number of nitrogens with zero attached hydrogens (tertiary/aromatic N) is 2. The van der Waals surface area contributed by atoms with Crippen molar-refractivity contribution >= 4 is 24.0 Å². The van der Waals surface area contributed by atoms with E-state index >= 15 is 0 Å². The quantitative estimate of drug-likeness (QED) is 0.901. The SMILES string of the molecule is Cc1cccc2nc(CNC(=O)[C@@H](N)C(C)C)cn12.Cl. The van der Waals surface area contributed by atoms with Crippen molar-refractivity contribution in [2.24, 2.45) is 11.7 Å². The van der Waals surface area contributed by atoms with Crippen molar-refractivity contribution < 1.29 is 4.79 Å². The number of nitrogens with two attached hydrogens (primary N) is 1. The van der Waals surface area contributed by atoms with Gasteiger partial charge >= 0.3 is 0 Å². The highest BCUT2D eigenvalue weighted by atomic mass is 35.5. The summed E-state index contributed by atoms with van der Waals surface area (Å²) in [6.07, 6.45) is 1.94. The molecule has 0 aliphatic rings. The Bertz CT molecular complexity index is 594. The van der Waals surface area contributed by atoms with E-state index in [1.54, 1.807) is 0 Å². The molecule has 0 bridgehead atoms. The van der Waals surface area contributed by atoms with Crippen LogP contribution in [0.4, 0.5) is 0 Å². The van der Waals surface area contributed by atoms with Crippen molar-refractivity contribution in [3.05, 3.63) is 35.8 Å². The highest BCUT2D eigenvalue weighted by molar-refractivity contribution is 5.85. The number of hydrogen-bond donors (Lipinski definition) is 2. The largest absolute Gasteiger partial charge is 0.349 e. The van der Waals surface area contributed by atoms with Gasteiger partial charge in [0.15, 0.2) is 0 Å². The maximum absolute atomic E-state index is 11.8. The number of fused-ring (bicyclic) bond motifs is 1. The van der Waals surface area contributed by atoms with Gasteiger partial charge in [-0.15, -0.1) is 12.4 Å². The van der Waals surface area contributed by atoms with Crippen molar-refractivity contribution in [1.29, 1.82) is 0 Å². The minimum absolute atomic E-state index is 0. The van der Waals surface area contributed by atoms with Crippen LogP contribution in [-0.4, -0.2) is 21.3 Å². The molecule has 0 saturated heterocycles. The monoisotopic (exact) mass is 296 g/mol. The maximum atomic E-state index is 11.8. The predicted octanol–water partition coefficient (Wildman–Crippen LogP) is 1.66. The second-order valence-electron chi connectivity index (χ2n) is 5.12. The van der Waals surface area contributed by atoms with Crippen LogP contribution in [0.3, 0.4) is 0 Å². The first-order valence-electron chi connectivity index (χ1n) is 6.46. The van der Waals surface area contributed by atoms with E-state index in [0.717, 1.165) is 17.0 Å². The van der Waals surface area contributed by atoms with Gasteiger partial charge in [-0.2, -0.15) is 0 Å². The average molecular weight is 297 g/mol. The van der Waals surface area contributed by atoms with Crippen LogP contribution in [0.2, 0.25) is 0 Å². The third-order valence-corrected chi connectivity index (χ3v) is 3.21. The Morgan fingerprint density at radius 1 is 1.45 bits per heavy atom. The number of aryl methyl sites for hydroxylation is 1. The van der Waals surface area contributed by atoms with Crippen LogP contribution in [0.15, 0.2) is 24.4 Å². The van der Waals surface area contributed by atoms with Crippen LogP contribution in [0.5, 0.6) is 0 Å². The molecule has 2 aromatic rings. The first-order valence-corrected chi connectivity index (χ1v) is 6.46. The number of aromatic nitrogens is 2. The summed E-state index contributed by atoms with van der Waals surface area (Å²) in [5, 5.41) is 2.82. The lowest BCUT2D eigenvalue weighted by Gasteiger charge is -2.14. The van der Waals surface area contributed by atoms with Crippen LogP contribution in [0.25, 0.3) is 5.65 Å². The van der Waals surface area contributed by atoms with E-state index < -0.39 is 6.04 Å². The van der Waals surface area contributed by atoms with Gasteiger partial charge in [-0.3, -0.25) is 4.79 Å². The number of amides is 1. The summed E-state index contributed by atoms with van der Waals surface area (Å²) in [5.41, 5.74) is 8.62. The summed E-state index contributed by atoms with van der Waals surface area (Å²) in [7, 11) is 0. The fourth-order valence-corrected chi connectivity index (χ4v) is 1.88. The number of pyridine rings is 1. The van der Waals surface area contributed by atoms with Crippen molar-refractivity contribution in [3.8, 4) is 0 Å². The van der Waals surface area contributed by atoms with Crippen molar-refractivity contribution in [2.75, 3.05) is 0 Å². The van der Waals surface area contributed by atoms with Crippen LogP contribution in [-0.2, 0) is 11.3 Å². The lowest BCUT2D eigenvalue weighted by molar-refractivity contribution is -0.123. The minimum atomic E-state index is -0.473. The van der Waals surface area contributed by atoms with Crippen LogP contribution in [0.1, 0.15) is 25.2 Å². The molecule has 2 aromatic heterocycles. The van der Waals surface area contributed by atoms with Gasteiger partial charge < -0.3 is 15.5 Å². The van der Waals surface area contributed by atoms with Gasteiger partial charge in [-0.05, 0) is 25.0 Å². The second-order valence-corrected chi connectivity index (χ2v) is 5.12. The molecule has 0 aromatic carbocycles. The van der Waals surface area contributed by atoms with Crippen molar-refractivity contribution in [2.45, 2.75) is 33.4 Å². The zero-order valence-corrected chi connectivity index (χ0v) is 12.8. The Labute approximate surface area is 125 Å². The summed E-state index contributed by atoms with van der Waals surface area (Å²) < 4.78 is 2.00. The number of carbonyl (C=O) groups is 1. The van der Waals surface area contributed by atoms with Crippen LogP contribution in [0, 0.1) is 12.8 Å². The molecule has 1 atom stereocenters. The molecule has 0 aliphatic heterocycles. The number of hydrogen-bond acceptors (Lipinski definition) is 3. The Morgan fingerprint density at radius 2 is 2.15 bits per heavy atom. The molecule has 6 heteroatoms. The normalized spacial score (nSPS) is 12.2. The Morgan fingerprint density at radius 3 is 2.75 bits per heavy atom. The lowest BCUT2D eigenvalue weighted by atomic mass is 10.1.